The van der Waals surface area contributed by atoms with E-state index >= 15 is 0 Å². The van der Waals surface area contributed by atoms with Crippen LogP contribution in [0.2, 0.25) is 0 Å². The molecule has 1 atom stereocenters. The first kappa shape index (κ1) is 23.8. The summed E-state index contributed by atoms with van der Waals surface area (Å²) >= 11 is 1.56. The molecule has 2 N–H and O–H groups in total. The standard InChI is InChI=1S/C28H27N5O2S/c34-26-19-36-28(33(26)24-14-7-11-21(17-24)25-18-30-32-31-25)23-13-6-12-22(16-23)27(35)29-15-5-4-10-20-8-2-1-3-9-20/h1-3,6-9,11-14,16-18,28H,4-5,10,15,19H2,(H,29,35)(H,30,31,32). The van der Waals surface area contributed by atoms with Gasteiger partial charge < -0.3 is 5.32 Å². The summed E-state index contributed by atoms with van der Waals surface area (Å²) in [6.45, 7) is 0.632. The van der Waals surface area contributed by atoms with Gasteiger partial charge in [0.1, 0.15) is 11.1 Å². The summed E-state index contributed by atoms with van der Waals surface area (Å²) in [6, 6.07) is 25.7. The zero-order valence-electron chi connectivity index (χ0n) is 19.8. The van der Waals surface area contributed by atoms with E-state index in [0.29, 0.717) is 17.9 Å². The van der Waals surface area contributed by atoms with E-state index < -0.39 is 0 Å². The molecule has 0 saturated carbocycles. The molecule has 1 aromatic heterocycles. The number of aromatic amines is 1. The fraction of sp³-hybridized carbons (Fsp3) is 0.214. The summed E-state index contributed by atoms with van der Waals surface area (Å²) in [5.74, 6) is 0.331. The Kier molecular flexibility index (Phi) is 7.42. The molecule has 182 valence electrons. The second-order valence-corrected chi connectivity index (χ2v) is 9.73. The summed E-state index contributed by atoms with van der Waals surface area (Å²) in [4.78, 5) is 27.5. The van der Waals surface area contributed by atoms with Crippen LogP contribution < -0.4 is 10.2 Å². The van der Waals surface area contributed by atoms with Gasteiger partial charge in [-0.15, -0.1) is 11.8 Å². The van der Waals surface area contributed by atoms with Gasteiger partial charge >= 0.3 is 0 Å². The van der Waals surface area contributed by atoms with E-state index in [9.17, 15) is 9.59 Å². The maximum Gasteiger partial charge on any atom is 0.251 e. The Hall–Kier alpha value is -3.91. The fourth-order valence-corrected chi connectivity index (χ4v) is 5.51. The molecular weight excluding hydrogens is 470 g/mol. The number of nitrogens with zero attached hydrogens (tertiary/aromatic N) is 3. The van der Waals surface area contributed by atoms with E-state index in [4.69, 9.17) is 0 Å². The Balaban J connectivity index is 1.24. The number of thioether (sulfide) groups is 1. The lowest BCUT2D eigenvalue weighted by Crippen LogP contribution is -2.28. The zero-order chi connectivity index (χ0) is 24.7. The van der Waals surface area contributed by atoms with Gasteiger partial charge in [-0.2, -0.15) is 15.4 Å². The summed E-state index contributed by atoms with van der Waals surface area (Å²) in [5, 5.41) is 13.5. The van der Waals surface area contributed by atoms with Crippen LogP contribution in [-0.2, 0) is 11.2 Å². The number of anilines is 1. The number of H-pyrrole nitrogens is 1. The van der Waals surface area contributed by atoms with Gasteiger partial charge in [0.2, 0.25) is 5.91 Å². The van der Waals surface area contributed by atoms with Crippen molar-refractivity contribution in [2.45, 2.75) is 24.6 Å². The predicted octanol–water partition coefficient (Wildman–Crippen LogP) is 5.00. The maximum atomic E-state index is 12.9. The summed E-state index contributed by atoms with van der Waals surface area (Å²) < 4.78 is 0. The lowest BCUT2D eigenvalue weighted by Gasteiger charge is -2.25. The molecule has 3 aromatic carbocycles. The zero-order valence-corrected chi connectivity index (χ0v) is 20.6. The van der Waals surface area contributed by atoms with Crippen LogP contribution in [0.5, 0.6) is 0 Å². The van der Waals surface area contributed by atoms with Crippen molar-refractivity contribution >= 4 is 29.3 Å². The first-order valence-corrected chi connectivity index (χ1v) is 13.1. The van der Waals surface area contributed by atoms with E-state index in [2.05, 4.69) is 45.0 Å². The topological polar surface area (TPSA) is 91.0 Å². The number of hydrogen-bond acceptors (Lipinski definition) is 5. The number of rotatable bonds is 9. The van der Waals surface area contributed by atoms with Crippen molar-refractivity contribution in [2.75, 3.05) is 17.2 Å². The molecule has 8 heteroatoms. The van der Waals surface area contributed by atoms with Crippen molar-refractivity contribution < 1.29 is 9.59 Å². The number of benzene rings is 3. The molecule has 7 nitrogen and oxygen atoms in total. The summed E-state index contributed by atoms with van der Waals surface area (Å²) in [5.41, 5.74) is 5.24. The smallest absolute Gasteiger partial charge is 0.251 e. The van der Waals surface area contributed by atoms with Gasteiger partial charge in [-0.05, 0) is 54.7 Å². The van der Waals surface area contributed by atoms with Gasteiger partial charge in [0.15, 0.2) is 0 Å². The van der Waals surface area contributed by atoms with E-state index in [1.165, 1.54) is 5.56 Å². The Morgan fingerprint density at radius 1 is 1.03 bits per heavy atom. The second kappa shape index (κ2) is 11.2. The van der Waals surface area contributed by atoms with Crippen LogP contribution >= 0.6 is 11.8 Å². The van der Waals surface area contributed by atoms with Crippen LogP contribution in [0.3, 0.4) is 0 Å². The number of hydrogen-bond donors (Lipinski definition) is 2. The molecule has 1 fully saturated rings. The van der Waals surface area contributed by atoms with Crippen molar-refractivity contribution in [1.29, 1.82) is 0 Å². The first-order chi connectivity index (χ1) is 17.7. The average molecular weight is 498 g/mol. The van der Waals surface area contributed by atoms with Crippen molar-refractivity contribution in [1.82, 2.24) is 20.7 Å². The molecule has 1 unspecified atom stereocenters. The highest BCUT2D eigenvalue weighted by Gasteiger charge is 2.34. The Morgan fingerprint density at radius 2 is 1.89 bits per heavy atom. The monoisotopic (exact) mass is 497 g/mol. The Bertz CT molecular complexity index is 1330. The van der Waals surface area contributed by atoms with E-state index in [0.717, 1.165) is 41.8 Å². The van der Waals surface area contributed by atoms with Crippen LogP contribution in [0.4, 0.5) is 5.69 Å². The minimum atomic E-state index is -0.205. The lowest BCUT2D eigenvalue weighted by molar-refractivity contribution is -0.115. The third kappa shape index (κ3) is 5.49. The van der Waals surface area contributed by atoms with Crippen molar-refractivity contribution in [2.24, 2.45) is 0 Å². The molecule has 2 heterocycles. The van der Waals surface area contributed by atoms with E-state index in [1.54, 1.807) is 22.9 Å². The van der Waals surface area contributed by atoms with Crippen molar-refractivity contribution in [3.8, 4) is 11.3 Å². The minimum Gasteiger partial charge on any atom is -0.352 e. The number of aromatic nitrogens is 3. The average Bonchev–Trinajstić information content (AvgIpc) is 3.59. The fourth-order valence-electron chi connectivity index (χ4n) is 4.34. The lowest BCUT2D eigenvalue weighted by atomic mass is 10.1. The Morgan fingerprint density at radius 3 is 2.72 bits per heavy atom. The number of carbonyl (C=O) groups is 2. The van der Waals surface area contributed by atoms with E-state index in [-0.39, 0.29) is 17.2 Å². The molecule has 2 amide bonds. The van der Waals surface area contributed by atoms with Crippen LogP contribution in [0.15, 0.2) is 85.1 Å². The summed E-state index contributed by atoms with van der Waals surface area (Å²) in [6.07, 6.45) is 4.60. The van der Waals surface area contributed by atoms with Gasteiger partial charge in [-0.1, -0.05) is 54.6 Å². The van der Waals surface area contributed by atoms with Gasteiger partial charge in [0.25, 0.3) is 5.91 Å². The highest BCUT2D eigenvalue weighted by molar-refractivity contribution is 8.00. The molecule has 0 aliphatic carbocycles. The SMILES string of the molecule is O=C(NCCCCc1ccccc1)c1cccc(C2SCC(=O)N2c2cccc(-c3cn[nH]n3)c2)c1. The molecule has 36 heavy (non-hydrogen) atoms. The molecule has 0 radical (unpaired) electrons. The van der Waals surface area contributed by atoms with Crippen LogP contribution in [0, 0.1) is 0 Å². The highest BCUT2D eigenvalue weighted by Crippen LogP contribution is 2.42. The predicted molar refractivity (Wildman–Crippen MR) is 143 cm³/mol. The molecule has 1 aliphatic heterocycles. The van der Waals surface area contributed by atoms with Gasteiger partial charge in [0.05, 0.1) is 11.9 Å². The van der Waals surface area contributed by atoms with E-state index in [1.807, 2.05) is 54.6 Å². The molecule has 0 spiro atoms. The maximum absolute atomic E-state index is 12.9. The van der Waals surface area contributed by atoms with Crippen LogP contribution in [0.1, 0.15) is 39.7 Å². The molecular formula is C28H27N5O2S. The van der Waals surface area contributed by atoms with Crippen LogP contribution in [-0.4, -0.2) is 39.5 Å². The van der Waals surface area contributed by atoms with Gasteiger partial charge in [-0.25, -0.2) is 0 Å². The molecule has 1 aliphatic rings. The second-order valence-electron chi connectivity index (χ2n) is 8.66. The number of carbonyl (C=O) groups excluding carboxylic acids is 2. The Labute approximate surface area is 214 Å². The first-order valence-electron chi connectivity index (χ1n) is 12.0. The number of unbranched alkanes of at least 4 members (excludes halogenated alkanes) is 1. The normalized spacial score (nSPS) is 15.3. The molecule has 5 rings (SSSR count). The molecule has 0 bridgehead atoms. The molecule has 4 aromatic rings. The van der Waals surface area contributed by atoms with Gasteiger partial charge in [0, 0.05) is 23.4 Å². The molecule has 1 saturated heterocycles. The highest BCUT2D eigenvalue weighted by atomic mass is 32.2. The van der Waals surface area contributed by atoms with Crippen molar-refractivity contribution in [3.63, 3.8) is 0 Å². The number of nitrogens with one attached hydrogen (secondary N) is 2. The van der Waals surface area contributed by atoms with Gasteiger partial charge in [-0.3, -0.25) is 14.5 Å². The van der Waals surface area contributed by atoms with Crippen molar-refractivity contribution in [3.05, 3.63) is 102 Å². The minimum absolute atomic E-state index is 0.0376. The summed E-state index contributed by atoms with van der Waals surface area (Å²) in [7, 11) is 0. The quantitative estimate of drug-likeness (QED) is 0.318. The third-order valence-corrected chi connectivity index (χ3v) is 7.37. The largest absolute Gasteiger partial charge is 0.352 e. The number of amides is 2. The number of aryl methyl sites for hydroxylation is 1. The van der Waals surface area contributed by atoms with Crippen LogP contribution in [0.25, 0.3) is 11.3 Å². The third-order valence-electron chi connectivity index (χ3n) is 6.16.